The van der Waals surface area contributed by atoms with Gasteiger partial charge in [0.15, 0.2) is 9.30 Å². The van der Waals surface area contributed by atoms with E-state index in [1.165, 1.54) is 22.7 Å². The van der Waals surface area contributed by atoms with E-state index in [0.717, 1.165) is 37.8 Å². The van der Waals surface area contributed by atoms with E-state index >= 15 is 0 Å². The van der Waals surface area contributed by atoms with Gasteiger partial charge in [0.05, 0.1) is 19.2 Å². The van der Waals surface area contributed by atoms with Gasteiger partial charge in [0.25, 0.3) is 0 Å². The molecule has 10 heteroatoms. The molecule has 3 heterocycles. The number of aromatic nitrogens is 4. The minimum absolute atomic E-state index is 0.122. The Morgan fingerprint density at radius 1 is 1.29 bits per heavy atom. The number of anilines is 1. The molecule has 1 aromatic carbocycles. The van der Waals surface area contributed by atoms with E-state index in [4.69, 9.17) is 4.74 Å². The van der Waals surface area contributed by atoms with Gasteiger partial charge in [-0.1, -0.05) is 30.0 Å². The molecule has 4 aromatic rings. The van der Waals surface area contributed by atoms with E-state index in [1.54, 1.807) is 18.9 Å². The summed E-state index contributed by atoms with van der Waals surface area (Å²) in [5, 5.41) is 13.4. The third-order valence-electron chi connectivity index (χ3n) is 3.93. The summed E-state index contributed by atoms with van der Waals surface area (Å²) in [4.78, 5) is 17.9. The maximum Gasteiger partial charge on any atom is 0.232 e. The van der Waals surface area contributed by atoms with Crippen LogP contribution in [0.4, 0.5) is 5.13 Å². The zero-order valence-corrected chi connectivity index (χ0v) is 17.7. The molecule has 0 fully saturated rings. The lowest BCUT2D eigenvalue weighted by atomic mass is 10.2. The van der Waals surface area contributed by atoms with Crippen molar-refractivity contribution in [3.05, 3.63) is 41.5 Å². The number of carbonyl (C=O) groups is 1. The molecule has 144 valence electrons. The first kappa shape index (κ1) is 18.9. The molecule has 0 bridgehead atoms. The molecule has 0 spiro atoms. The van der Waals surface area contributed by atoms with E-state index in [0.29, 0.717) is 5.13 Å². The number of imidazole rings is 1. The first-order valence-corrected chi connectivity index (χ1v) is 11.2. The lowest BCUT2D eigenvalue weighted by molar-refractivity contribution is -0.115. The van der Waals surface area contributed by atoms with Gasteiger partial charge in [0.1, 0.15) is 5.75 Å². The van der Waals surface area contributed by atoms with Gasteiger partial charge in [-0.25, -0.2) is 4.98 Å². The topological polar surface area (TPSA) is 81.4 Å². The quantitative estimate of drug-likeness (QED) is 0.349. The molecule has 0 atom stereocenters. The highest BCUT2D eigenvalue weighted by atomic mass is 32.2. The van der Waals surface area contributed by atoms with Crippen LogP contribution >= 0.6 is 34.4 Å². The second kappa shape index (κ2) is 8.29. The highest BCUT2D eigenvalue weighted by Crippen LogP contribution is 2.27. The van der Waals surface area contributed by atoms with E-state index < -0.39 is 0 Å². The SMILES string of the molecule is CCSc1nnc(NC(=O)Cc2csc3nc(-c4ccc(OC)cc4)cn23)s1. The van der Waals surface area contributed by atoms with Crippen LogP contribution in [0.1, 0.15) is 12.6 Å². The average molecular weight is 432 g/mol. The molecule has 0 aliphatic carbocycles. The predicted molar refractivity (Wildman–Crippen MR) is 114 cm³/mol. The molecule has 7 nitrogen and oxygen atoms in total. The molecule has 3 aromatic heterocycles. The van der Waals surface area contributed by atoms with Crippen molar-refractivity contribution in [2.75, 3.05) is 18.2 Å². The molecule has 0 radical (unpaired) electrons. The third-order valence-corrected chi connectivity index (χ3v) is 6.67. The summed E-state index contributed by atoms with van der Waals surface area (Å²) in [5.74, 6) is 1.61. The fourth-order valence-electron chi connectivity index (χ4n) is 2.63. The van der Waals surface area contributed by atoms with Crippen LogP contribution in [0.25, 0.3) is 16.2 Å². The highest BCUT2D eigenvalue weighted by Gasteiger charge is 2.14. The predicted octanol–water partition coefficient (Wildman–Crippen LogP) is 4.22. The number of amides is 1. The summed E-state index contributed by atoms with van der Waals surface area (Å²) >= 11 is 4.51. The van der Waals surface area contributed by atoms with Crippen LogP contribution in [-0.4, -0.2) is 38.4 Å². The minimum atomic E-state index is -0.122. The first-order valence-electron chi connectivity index (χ1n) is 8.52. The lowest BCUT2D eigenvalue weighted by Gasteiger charge is -2.01. The van der Waals surface area contributed by atoms with E-state index in [9.17, 15) is 4.79 Å². The van der Waals surface area contributed by atoms with Gasteiger partial charge >= 0.3 is 0 Å². The number of rotatable bonds is 7. The fourth-order valence-corrected chi connectivity index (χ4v) is 5.17. The second-order valence-corrected chi connectivity index (χ2v) is 9.09. The molecule has 1 amide bonds. The van der Waals surface area contributed by atoms with Crippen LogP contribution in [0.5, 0.6) is 5.75 Å². The number of thioether (sulfide) groups is 1. The third kappa shape index (κ3) is 4.03. The first-order chi connectivity index (χ1) is 13.7. The van der Waals surface area contributed by atoms with E-state index in [-0.39, 0.29) is 12.3 Å². The minimum Gasteiger partial charge on any atom is -0.497 e. The van der Waals surface area contributed by atoms with Crippen LogP contribution < -0.4 is 10.1 Å². The molecule has 0 saturated heterocycles. The fraction of sp³-hybridized carbons (Fsp3) is 0.222. The Morgan fingerprint density at radius 3 is 2.86 bits per heavy atom. The number of hydrogen-bond donors (Lipinski definition) is 1. The monoisotopic (exact) mass is 431 g/mol. The zero-order chi connectivity index (χ0) is 19.5. The molecule has 0 aliphatic heterocycles. The van der Waals surface area contributed by atoms with E-state index in [2.05, 4.69) is 27.4 Å². The van der Waals surface area contributed by atoms with Crippen molar-refractivity contribution in [2.24, 2.45) is 0 Å². The average Bonchev–Trinajstić information content (AvgIpc) is 3.40. The van der Waals surface area contributed by atoms with Crippen molar-refractivity contribution < 1.29 is 9.53 Å². The van der Waals surface area contributed by atoms with Gasteiger partial charge in [0.2, 0.25) is 11.0 Å². The number of methoxy groups -OCH3 is 1. The number of hydrogen-bond acceptors (Lipinski definition) is 8. The van der Waals surface area contributed by atoms with Gasteiger partial charge in [0, 0.05) is 22.8 Å². The Hall–Kier alpha value is -2.43. The van der Waals surface area contributed by atoms with Gasteiger partial charge < -0.3 is 10.1 Å². The Balaban J connectivity index is 1.49. The summed E-state index contributed by atoms with van der Waals surface area (Å²) in [7, 11) is 1.64. The second-order valence-electron chi connectivity index (χ2n) is 5.77. The lowest BCUT2D eigenvalue weighted by Crippen LogP contribution is -2.15. The van der Waals surface area contributed by atoms with Crippen molar-refractivity contribution in [3.8, 4) is 17.0 Å². The normalized spacial score (nSPS) is 11.1. The maximum absolute atomic E-state index is 12.4. The van der Waals surface area contributed by atoms with Gasteiger partial charge in [-0.15, -0.1) is 21.5 Å². The molecule has 1 N–H and O–H groups in total. The molecule has 28 heavy (non-hydrogen) atoms. The molecule has 0 saturated carbocycles. The molecular weight excluding hydrogens is 414 g/mol. The van der Waals surface area contributed by atoms with Gasteiger partial charge in [-0.05, 0) is 30.0 Å². The zero-order valence-electron chi connectivity index (χ0n) is 15.2. The van der Waals surface area contributed by atoms with Gasteiger partial charge in [-0.2, -0.15) is 0 Å². The standard InChI is InChI=1S/C18H17N5O2S3/c1-3-26-18-22-21-16(28-18)20-15(24)8-12-10-27-17-19-14(9-23(12)17)11-4-6-13(25-2)7-5-11/h4-7,9-10H,3,8H2,1-2H3,(H,20,21,24). The Bertz CT molecular complexity index is 1100. The summed E-state index contributed by atoms with van der Waals surface area (Å²) in [5.41, 5.74) is 2.75. The maximum atomic E-state index is 12.4. The number of nitrogens with zero attached hydrogens (tertiary/aromatic N) is 4. The number of thiazole rings is 1. The summed E-state index contributed by atoms with van der Waals surface area (Å²) in [6.07, 6.45) is 2.20. The van der Waals surface area contributed by atoms with Gasteiger partial charge in [-0.3, -0.25) is 9.20 Å². The van der Waals surface area contributed by atoms with Crippen LogP contribution in [0, 0.1) is 0 Å². The summed E-state index contributed by atoms with van der Waals surface area (Å²) in [6, 6.07) is 7.76. The number of benzene rings is 1. The number of ether oxygens (including phenoxy) is 1. The number of fused-ring (bicyclic) bond motifs is 1. The Kier molecular flexibility index (Phi) is 5.60. The number of nitrogens with one attached hydrogen (secondary N) is 1. The van der Waals surface area contributed by atoms with Crippen molar-refractivity contribution in [1.82, 2.24) is 19.6 Å². The van der Waals surface area contributed by atoms with E-state index in [1.807, 2.05) is 40.2 Å². The molecule has 0 aliphatic rings. The van der Waals surface area contributed by atoms with Crippen LogP contribution in [-0.2, 0) is 11.2 Å². The largest absolute Gasteiger partial charge is 0.497 e. The smallest absolute Gasteiger partial charge is 0.232 e. The van der Waals surface area contributed by atoms with Crippen molar-refractivity contribution >= 4 is 50.4 Å². The van der Waals surface area contributed by atoms with Crippen LogP contribution in [0.3, 0.4) is 0 Å². The van der Waals surface area contributed by atoms with Crippen molar-refractivity contribution in [3.63, 3.8) is 0 Å². The Labute approximate surface area is 173 Å². The summed E-state index contributed by atoms with van der Waals surface area (Å²) in [6.45, 7) is 2.05. The van der Waals surface area contributed by atoms with Crippen molar-refractivity contribution in [1.29, 1.82) is 0 Å². The number of carbonyl (C=O) groups excluding carboxylic acids is 1. The van der Waals surface area contributed by atoms with Crippen LogP contribution in [0.2, 0.25) is 0 Å². The van der Waals surface area contributed by atoms with Crippen molar-refractivity contribution in [2.45, 2.75) is 17.7 Å². The molecule has 0 unspecified atom stereocenters. The highest BCUT2D eigenvalue weighted by molar-refractivity contribution is 8.01. The molecule has 4 rings (SSSR count). The summed E-state index contributed by atoms with van der Waals surface area (Å²) < 4.78 is 8.01. The molecular formula is C18H17N5O2S3. The van der Waals surface area contributed by atoms with Crippen LogP contribution in [0.15, 0.2) is 40.2 Å². The Morgan fingerprint density at radius 2 is 2.11 bits per heavy atom.